The van der Waals surface area contributed by atoms with Gasteiger partial charge in [-0.15, -0.1) is 11.3 Å². The summed E-state index contributed by atoms with van der Waals surface area (Å²) in [6.45, 7) is 6.67. The van der Waals surface area contributed by atoms with E-state index in [1.165, 1.54) is 36.6 Å². The number of nitriles is 1. The van der Waals surface area contributed by atoms with Crippen molar-refractivity contribution in [2.75, 3.05) is 12.4 Å². The highest BCUT2D eigenvalue weighted by molar-refractivity contribution is 7.16. The Balaban J connectivity index is 1.89. The highest BCUT2D eigenvalue weighted by Gasteiger charge is 2.32. The van der Waals surface area contributed by atoms with E-state index in [4.69, 9.17) is 4.74 Å². The van der Waals surface area contributed by atoms with Crippen LogP contribution in [0.4, 0.5) is 10.7 Å². The lowest BCUT2D eigenvalue weighted by molar-refractivity contribution is -0.385. The number of fused-ring (bicyclic) bond motifs is 1. The Bertz CT molecular complexity index is 1010. The topological polar surface area (TPSA) is 105 Å². The van der Waals surface area contributed by atoms with Crippen LogP contribution in [0.1, 0.15) is 53.6 Å². The number of ether oxygens (including phenoxy) is 1. The van der Waals surface area contributed by atoms with Crippen LogP contribution < -0.4 is 10.1 Å². The predicted molar refractivity (Wildman–Crippen MR) is 112 cm³/mol. The summed E-state index contributed by atoms with van der Waals surface area (Å²) < 4.78 is 4.97. The number of nitrogens with zero attached hydrogens (tertiary/aromatic N) is 2. The molecule has 7 nitrogen and oxygen atoms in total. The molecule has 0 saturated carbocycles. The van der Waals surface area contributed by atoms with Gasteiger partial charge in [0.2, 0.25) is 0 Å². The van der Waals surface area contributed by atoms with Crippen molar-refractivity contribution in [2.24, 2.45) is 11.3 Å². The number of nitro benzene ring substituents is 1. The quantitative estimate of drug-likeness (QED) is 0.564. The number of hydrogen-bond donors (Lipinski definition) is 1. The van der Waals surface area contributed by atoms with Gasteiger partial charge in [0.05, 0.1) is 17.6 Å². The number of nitro groups is 1. The molecule has 0 bridgehead atoms. The smallest absolute Gasteiger partial charge is 0.311 e. The van der Waals surface area contributed by atoms with Crippen molar-refractivity contribution >= 4 is 27.9 Å². The van der Waals surface area contributed by atoms with Crippen molar-refractivity contribution < 1.29 is 14.5 Å². The van der Waals surface area contributed by atoms with Crippen LogP contribution >= 0.6 is 11.3 Å². The first kappa shape index (κ1) is 20.8. The number of thiophene rings is 1. The van der Waals surface area contributed by atoms with E-state index in [2.05, 4.69) is 32.2 Å². The molecule has 1 heterocycles. The number of carbonyl (C=O) groups excluding carboxylic acids is 1. The molecule has 0 fully saturated rings. The molecular weight excluding hydrogens is 390 g/mol. The molecule has 0 saturated heterocycles. The van der Waals surface area contributed by atoms with Gasteiger partial charge in [0.25, 0.3) is 5.91 Å². The summed E-state index contributed by atoms with van der Waals surface area (Å²) in [4.78, 5) is 24.5. The minimum atomic E-state index is -0.590. The summed E-state index contributed by atoms with van der Waals surface area (Å²) in [5.74, 6) is 0.121. The van der Waals surface area contributed by atoms with E-state index in [1.54, 1.807) is 0 Å². The van der Waals surface area contributed by atoms with Gasteiger partial charge in [-0.25, -0.2) is 0 Å². The Kier molecular flexibility index (Phi) is 5.62. The molecule has 0 spiro atoms. The molecule has 29 heavy (non-hydrogen) atoms. The number of amides is 1. The van der Waals surface area contributed by atoms with Crippen LogP contribution in [-0.2, 0) is 12.8 Å². The van der Waals surface area contributed by atoms with Gasteiger partial charge in [-0.1, -0.05) is 20.8 Å². The number of benzene rings is 1. The number of anilines is 1. The Labute approximate surface area is 173 Å². The molecule has 1 amide bonds. The zero-order valence-corrected chi connectivity index (χ0v) is 17.7. The summed E-state index contributed by atoms with van der Waals surface area (Å²) in [7, 11) is 1.34. The minimum Gasteiger partial charge on any atom is -0.490 e. The average molecular weight is 413 g/mol. The Hall–Kier alpha value is -2.92. The molecule has 1 aromatic heterocycles. The molecule has 0 aliphatic heterocycles. The molecule has 1 aliphatic rings. The lowest BCUT2D eigenvalue weighted by atomic mass is 9.72. The van der Waals surface area contributed by atoms with Gasteiger partial charge in [-0.3, -0.25) is 14.9 Å². The summed E-state index contributed by atoms with van der Waals surface area (Å²) in [6.07, 6.45) is 2.72. The van der Waals surface area contributed by atoms with Crippen LogP contribution in [0.2, 0.25) is 0 Å². The van der Waals surface area contributed by atoms with Crippen molar-refractivity contribution in [3.63, 3.8) is 0 Å². The highest BCUT2D eigenvalue weighted by Crippen LogP contribution is 2.44. The van der Waals surface area contributed by atoms with E-state index < -0.39 is 10.8 Å². The molecule has 1 N–H and O–H groups in total. The van der Waals surface area contributed by atoms with Crippen LogP contribution in [0.5, 0.6) is 5.75 Å². The lowest BCUT2D eigenvalue weighted by Gasteiger charge is -2.33. The van der Waals surface area contributed by atoms with E-state index in [0.29, 0.717) is 16.5 Å². The van der Waals surface area contributed by atoms with Crippen LogP contribution in [0.3, 0.4) is 0 Å². The van der Waals surface area contributed by atoms with Gasteiger partial charge in [0.1, 0.15) is 11.1 Å². The average Bonchev–Trinajstić information content (AvgIpc) is 3.02. The van der Waals surface area contributed by atoms with Crippen LogP contribution in [0.25, 0.3) is 0 Å². The SMILES string of the molecule is COc1ccc(C(=O)Nc2sc3c(c2C#N)CCC(C(C)(C)C)C3)cc1[N+](=O)[O-]. The van der Waals surface area contributed by atoms with Crippen molar-refractivity contribution in [1.29, 1.82) is 5.26 Å². The zero-order valence-electron chi connectivity index (χ0n) is 16.9. The molecule has 8 heteroatoms. The number of rotatable bonds is 4. The fourth-order valence-corrected chi connectivity index (χ4v) is 4.95. The predicted octanol–water partition coefficient (Wildman–Crippen LogP) is 4.94. The minimum absolute atomic E-state index is 0.0871. The van der Waals surface area contributed by atoms with E-state index in [0.717, 1.165) is 29.7 Å². The number of methoxy groups -OCH3 is 1. The highest BCUT2D eigenvalue weighted by atomic mass is 32.1. The summed E-state index contributed by atoms with van der Waals surface area (Å²) >= 11 is 1.43. The third-order valence-corrected chi connectivity index (χ3v) is 6.64. The van der Waals surface area contributed by atoms with Gasteiger partial charge in [-0.2, -0.15) is 5.26 Å². The maximum atomic E-state index is 12.7. The summed E-state index contributed by atoms with van der Waals surface area (Å²) in [6, 6.07) is 6.28. The molecule has 0 radical (unpaired) electrons. The molecule has 1 aromatic carbocycles. The fraction of sp³-hybridized carbons (Fsp3) is 0.429. The second kappa shape index (κ2) is 7.84. The molecule has 1 aliphatic carbocycles. The number of hydrogen-bond acceptors (Lipinski definition) is 6. The van der Waals surface area contributed by atoms with Gasteiger partial charge in [0.15, 0.2) is 5.75 Å². The van der Waals surface area contributed by atoms with Crippen molar-refractivity contribution in [3.8, 4) is 11.8 Å². The second-order valence-electron chi connectivity index (χ2n) is 8.22. The molecule has 2 aromatic rings. The first-order chi connectivity index (χ1) is 13.7. The molecule has 152 valence electrons. The normalized spacial score (nSPS) is 15.9. The fourth-order valence-electron chi connectivity index (χ4n) is 3.68. The first-order valence-electron chi connectivity index (χ1n) is 9.34. The molecule has 1 unspecified atom stereocenters. The number of carbonyl (C=O) groups is 1. The zero-order chi connectivity index (χ0) is 21.3. The third kappa shape index (κ3) is 4.10. The largest absolute Gasteiger partial charge is 0.490 e. The Morgan fingerprint density at radius 3 is 2.72 bits per heavy atom. The third-order valence-electron chi connectivity index (χ3n) is 5.47. The van der Waals surface area contributed by atoms with Crippen LogP contribution in [0, 0.1) is 32.8 Å². The van der Waals surface area contributed by atoms with Gasteiger partial charge >= 0.3 is 5.69 Å². The van der Waals surface area contributed by atoms with Crippen LogP contribution in [0.15, 0.2) is 18.2 Å². The molecule has 3 rings (SSSR count). The summed E-state index contributed by atoms with van der Waals surface area (Å²) in [5.41, 5.74) is 1.57. The second-order valence-corrected chi connectivity index (χ2v) is 9.33. The lowest BCUT2D eigenvalue weighted by Crippen LogP contribution is -2.26. The maximum absolute atomic E-state index is 12.7. The van der Waals surface area contributed by atoms with Crippen LogP contribution in [-0.4, -0.2) is 17.9 Å². The van der Waals surface area contributed by atoms with Gasteiger partial charge in [0, 0.05) is 16.5 Å². The van der Waals surface area contributed by atoms with Crippen molar-refractivity contribution in [3.05, 3.63) is 49.9 Å². The van der Waals surface area contributed by atoms with E-state index in [9.17, 15) is 20.2 Å². The number of nitrogens with one attached hydrogen (secondary N) is 1. The van der Waals surface area contributed by atoms with Gasteiger partial charge in [-0.05, 0) is 48.3 Å². The maximum Gasteiger partial charge on any atom is 0.311 e. The van der Waals surface area contributed by atoms with E-state index in [-0.39, 0.29) is 22.4 Å². The van der Waals surface area contributed by atoms with Gasteiger partial charge < -0.3 is 10.1 Å². The Morgan fingerprint density at radius 2 is 2.14 bits per heavy atom. The molecule has 1 atom stereocenters. The van der Waals surface area contributed by atoms with Crippen molar-refractivity contribution in [2.45, 2.75) is 40.0 Å². The Morgan fingerprint density at radius 1 is 1.41 bits per heavy atom. The molecular formula is C21H23N3O4S. The monoisotopic (exact) mass is 413 g/mol. The van der Waals surface area contributed by atoms with Crippen molar-refractivity contribution in [1.82, 2.24) is 0 Å². The standard InChI is InChI=1S/C21H23N3O4S/c1-21(2,3)13-6-7-14-15(11-22)20(29-18(14)10-13)23-19(25)12-5-8-17(28-4)16(9-12)24(26)27/h5,8-9,13H,6-7,10H2,1-4H3,(H,23,25). The first-order valence-corrected chi connectivity index (χ1v) is 10.2. The van der Waals surface area contributed by atoms with E-state index in [1.807, 2.05) is 0 Å². The summed E-state index contributed by atoms with van der Waals surface area (Å²) in [5, 5.41) is 24.2. The van der Waals surface area contributed by atoms with E-state index >= 15 is 0 Å².